The number of amides is 2. The molecule has 1 unspecified atom stereocenters. The Hall–Kier alpha value is -1.59. The van der Waals surface area contributed by atoms with Crippen LogP contribution in [0.5, 0.6) is 0 Å². The van der Waals surface area contributed by atoms with Crippen LogP contribution in [0.2, 0.25) is 0 Å². The van der Waals surface area contributed by atoms with Crippen molar-refractivity contribution in [1.82, 2.24) is 15.1 Å². The van der Waals surface area contributed by atoms with E-state index in [2.05, 4.69) is 34.5 Å². The first-order chi connectivity index (χ1) is 13.2. The van der Waals surface area contributed by atoms with Crippen LogP contribution in [0.15, 0.2) is 24.3 Å². The predicted octanol–water partition coefficient (Wildman–Crippen LogP) is 2.74. The first kappa shape index (κ1) is 17.5. The Morgan fingerprint density at radius 1 is 1.19 bits per heavy atom. The van der Waals surface area contributed by atoms with Crippen LogP contribution in [-0.2, 0) is 16.7 Å². The number of fused-ring (bicyclic) bond motifs is 2. The maximum absolute atomic E-state index is 12.5. The summed E-state index contributed by atoms with van der Waals surface area (Å²) in [5.74, 6) is 0.678. The average Bonchev–Trinajstić information content (AvgIpc) is 3.35. The largest absolute Gasteiger partial charge is 0.381 e. The van der Waals surface area contributed by atoms with Crippen molar-refractivity contribution in [2.24, 2.45) is 5.92 Å². The van der Waals surface area contributed by atoms with Gasteiger partial charge in [0, 0.05) is 50.8 Å². The normalized spacial score (nSPS) is 27.6. The molecular formula is C22H31N3O2. The maximum Gasteiger partial charge on any atom is 0.317 e. The number of carbonyl (C=O) groups excluding carboxylic acids is 1. The van der Waals surface area contributed by atoms with Gasteiger partial charge in [-0.05, 0) is 49.1 Å². The highest BCUT2D eigenvalue weighted by molar-refractivity contribution is 5.75. The molecule has 3 fully saturated rings. The molecule has 5 rings (SSSR count). The van der Waals surface area contributed by atoms with Gasteiger partial charge in [0.2, 0.25) is 0 Å². The van der Waals surface area contributed by atoms with Crippen LogP contribution in [0.4, 0.5) is 4.79 Å². The minimum Gasteiger partial charge on any atom is -0.381 e. The van der Waals surface area contributed by atoms with Crippen molar-refractivity contribution in [2.75, 3.05) is 39.4 Å². The van der Waals surface area contributed by atoms with Crippen molar-refractivity contribution >= 4 is 6.03 Å². The fourth-order valence-electron chi connectivity index (χ4n) is 5.27. The number of likely N-dealkylation sites (tertiary alicyclic amines) is 1. The van der Waals surface area contributed by atoms with Crippen LogP contribution < -0.4 is 5.32 Å². The number of piperidine rings is 1. The van der Waals surface area contributed by atoms with Gasteiger partial charge in [-0.2, -0.15) is 0 Å². The summed E-state index contributed by atoms with van der Waals surface area (Å²) in [6.07, 6.45) is 5.63. The predicted molar refractivity (Wildman–Crippen MR) is 105 cm³/mol. The second-order valence-corrected chi connectivity index (χ2v) is 9.05. The SMILES string of the molecule is O=C(NC1CC1)N1CCC2(CC1)CN(CC1CCOC1)Cc1ccccc12. The molecule has 1 spiro atoms. The van der Waals surface area contributed by atoms with Crippen LogP contribution >= 0.6 is 0 Å². The molecule has 2 saturated heterocycles. The minimum absolute atomic E-state index is 0.149. The molecule has 0 aromatic heterocycles. The Balaban J connectivity index is 1.31. The first-order valence-electron chi connectivity index (χ1n) is 10.7. The van der Waals surface area contributed by atoms with Gasteiger partial charge in [-0.25, -0.2) is 4.79 Å². The van der Waals surface area contributed by atoms with E-state index in [9.17, 15) is 4.79 Å². The number of benzene rings is 1. The smallest absolute Gasteiger partial charge is 0.317 e. The molecule has 1 aliphatic carbocycles. The van der Waals surface area contributed by atoms with Gasteiger partial charge in [-0.1, -0.05) is 24.3 Å². The molecule has 5 nitrogen and oxygen atoms in total. The molecule has 2 amide bonds. The quantitative estimate of drug-likeness (QED) is 0.891. The molecule has 3 aliphatic heterocycles. The summed E-state index contributed by atoms with van der Waals surface area (Å²) in [5, 5.41) is 3.15. The summed E-state index contributed by atoms with van der Waals surface area (Å²) >= 11 is 0. The van der Waals surface area contributed by atoms with Crippen molar-refractivity contribution < 1.29 is 9.53 Å². The van der Waals surface area contributed by atoms with Gasteiger partial charge in [0.25, 0.3) is 0 Å². The van der Waals surface area contributed by atoms with E-state index in [4.69, 9.17) is 4.74 Å². The highest BCUT2D eigenvalue weighted by Gasteiger charge is 2.43. The van der Waals surface area contributed by atoms with Crippen molar-refractivity contribution in [1.29, 1.82) is 0 Å². The van der Waals surface area contributed by atoms with Gasteiger partial charge in [-0.15, -0.1) is 0 Å². The first-order valence-corrected chi connectivity index (χ1v) is 10.7. The topological polar surface area (TPSA) is 44.8 Å². The Morgan fingerprint density at radius 3 is 2.74 bits per heavy atom. The second kappa shape index (κ2) is 7.10. The van der Waals surface area contributed by atoms with Crippen molar-refractivity contribution in [3.63, 3.8) is 0 Å². The fourth-order valence-corrected chi connectivity index (χ4v) is 5.27. The standard InChI is InChI=1S/C22H31N3O2/c26-21(23-19-5-6-19)25-10-8-22(9-11-25)16-24(13-17-7-12-27-15-17)14-18-3-1-2-4-20(18)22/h1-4,17,19H,5-16H2,(H,23,26). The number of rotatable bonds is 3. The third-order valence-electron chi connectivity index (χ3n) is 6.96. The Kier molecular flexibility index (Phi) is 4.60. The van der Waals surface area contributed by atoms with Crippen LogP contribution in [-0.4, -0.2) is 61.3 Å². The summed E-state index contributed by atoms with van der Waals surface area (Å²) in [4.78, 5) is 17.1. The summed E-state index contributed by atoms with van der Waals surface area (Å²) in [5.41, 5.74) is 3.22. The zero-order chi connectivity index (χ0) is 18.3. The molecule has 1 aromatic carbocycles. The lowest BCUT2D eigenvalue weighted by Gasteiger charge is -2.49. The zero-order valence-electron chi connectivity index (χ0n) is 16.2. The number of carbonyl (C=O) groups is 1. The average molecular weight is 370 g/mol. The summed E-state index contributed by atoms with van der Waals surface area (Å²) in [6, 6.07) is 9.59. The molecule has 0 bridgehead atoms. The van der Waals surface area contributed by atoms with Crippen LogP contribution in [0, 0.1) is 5.92 Å². The third kappa shape index (κ3) is 3.59. The van der Waals surface area contributed by atoms with E-state index in [1.54, 1.807) is 0 Å². The highest BCUT2D eigenvalue weighted by Crippen LogP contribution is 2.42. The van der Waals surface area contributed by atoms with E-state index < -0.39 is 0 Å². The van der Waals surface area contributed by atoms with Gasteiger partial charge in [0.15, 0.2) is 0 Å². The number of urea groups is 1. The lowest BCUT2D eigenvalue weighted by molar-refractivity contribution is 0.0936. The van der Waals surface area contributed by atoms with Gasteiger partial charge < -0.3 is 15.0 Å². The fraction of sp³-hybridized carbons (Fsp3) is 0.682. The van der Waals surface area contributed by atoms with Crippen LogP contribution in [0.25, 0.3) is 0 Å². The van der Waals surface area contributed by atoms with Gasteiger partial charge in [-0.3, -0.25) is 4.90 Å². The molecular weight excluding hydrogens is 338 g/mol. The Labute approximate surface area is 162 Å². The van der Waals surface area contributed by atoms with E-state index in [1.165, 1.54) is 17.5 Å². The maximum atomic E-state index is 12.5. The second-order valence-electron chi connectivity index (χ2n) is 9.05. The number of hydrogen-bond donors (Lipinski definition) is 1. The summed E-state index contributed by atoms with van der Waals surface area (Å²) in [6.45, 7) is 6.90. The van der Waals surface area contributed by atoms with E-state index in [0.29, 0.717) is 12.0 Å². The summed E-state index contributed by atoms with van der Waals surface area (Å²) < 4.78 is 5.60. The number of hydrogen-bond acceptors (Lipinski definition) is 3. The third-order valence-corrected chi connectivity index (χ3v) is 6.96. The van der Waals surface area contributed by atoms with Crippen LogP contribution in [0.1, 0.15) is 43.2 Å². The lowest BCUT2D eigenvalue weighted by Crippen LogP contribution is -2.55. The van der Waals surface area contributed by atoms with E-state index >= 15 is 0 Å². The lowest BCUT2D eigenvalue weighted by atomic mass is 9.68. The molecule has 0 radical (unpaired) electrons. The molecule has 1 aromatic rings. The Bertz CT molecular complexity index is 689. The van der Waals surface area contributed by atoms with Gasteiger partial charge in [0.1, 0.15) is 0 Å². The molecule has 1 saturated carbocycles. The summed E-state index contributed by atoms with van der Waals surface area (Å²) in [7, 11) is 0. The van der Waals surface area contributed by atoms with Gasteiger partial charge >= 0.3 is 6.03 Å². The van der Waals surface area contributed by atoms with Crippen molar-refractivity contribution in [3.8, 4) is 0 Å². The number of nitrogens with zero attached hydrogens (tertiary/aromatic N) is 2. The van der Waals surface area contributed by atoms with Crippen LogP contribution in [0.3, 0.4) is 0 Å². The number of ether oxygens (including phenoxy) is 1. The van der Waals surface area contributed by atoms with Gasteiger partial charge in [0.05, 0.1) is 6.61 Å². The van der Waals surface area contributed by atoms with E-state index in [1.807, 2.05) is 4.90 Å². The molecule has 3 heterocycles. The number of nitrogens with one attached hydrogen (secondary N) is 1. The molecule has 1 N–H and O–H groups in total. The van der Waals surface area contributed by atoms with E-state index in [-0.39, 0.29) is 11.4 Å². The van der Waals surface area contributed by atoms with Crippen molar-refractivity contribution in [2.45, 2.75) is 50.1 Å². The molecule has 27 heavy (non-hydrogen) atoms. The molecule has 5 heteroatoms. The molecule has 1 atom stereocenters. The molecule has 146 valence electrons. The highest BCUT2D eigenvalue weighted by atomic mass is 16.5. The van der Waals surface area contributed by atoms with Crippen molar-refractivity contribution in [3.05, 3.63) is 35.4 Å². The Morgan fingerprint density at radius 2 is 2.00 bits per heavy atom. The minimum atomic E-state index is 0.149. The molecule has 4 aliphatic rings. The van der Waals surface area contributed by atoms with E-state index in [0.717, 1.165) is 71.6 Å². The zero-order valence-corrected chi connectivity index (χ0v) is 16.2. The monoisotopic (exact) mass is 369 g/mol.